The smallest absolute Gasteiger partial charge is 0.301 e. The first kappa shape index (κ1) is 20.7. The molecule has 1 N–H and O–H groups in total. The van der Waals surface area contributed by atoms with Gasteiger partial charge in [0.25, 0.3) is 5.69 Å². The first-order chi connectivity index (χ1) is 15.4. The van der Waals surface area contributed by atoms with E-state index in [0.717, 1.165) is 39.5 Å². The van der Waals surface area contributed by atoms with E-state index >= 15 is 0 Å². The summed E-state index contributed by atoms with van der Waals surface area (Å²) in [5, 5.41) is 28.6. The van der Waals surface area contributed by atoms with Crippen LogP contribution in [-0.2, 0) is 0 Å². The number of non-ortho nitro benzene ring substituents is 1. The van der Waals surface area contributed by atoms with Crippen LogP contribution in [0.3, 0.4) is 0 Å². The highest BCUT2D eigenvalue weighted by molar-refractivity contribution is 5.91. The molecule has 0 saturated heterocycles. The molecule has 1 heterocycles. The predicted molar refractivity (Wildman–Crippen MR) is 124 cm³/mol. The summed E-state index contributed by atoms with van der Waals surface area (Å²) in [7, 11) is 0. The Bertz CT molecular complexity index is 1390. The van der Waals surface area contributed by atoms with Crippen LogP contribution in [0.5, 0.6) is 0 Å². The molecule has 0 radical (unpaired) electrons. The van der Waals surface area contributed by atoms with Gasteiger partial charge in [0.2, 0.25) is 0 Å². The second-order valence-electron chi connectivity index (χ2n) is 7.25. The van der Waals surface area contributed by atoms with Gasteiger partial charge in [-0.15, -0.1) is 0 Å². The van der Waals surface area contributed by atoms with Crippen molar-refractivity contribution in [2.45, 2.75) is 13.8 Å². The van der Waals surface area contributed by atoms with Crippen LogP contribution in [0, 0.1) is 34.1 Å². The van der Waals surface area contributed by atoms with Crippen molar-refractivity contribution in [3.63, 3.8) is 0 Å². The highest BCUT2D eigenvalue weighted by atomic mass is 16.6. The zero-order chi connectivity index (χ0) is 22.8. The number of anilines is 1. The number of nitro groups is 2. The molecule has 9 nitrogen and oxygen atoms in total. The molecular weight excluding hydrogens is 410 g/mol. The van der Waals surface area contributed by atoms with Gasteiger partial charge in [0.05, 0.1) is 27.8 Å². The highest BCUT2D eigenvalue weighted by Gasteiger charge is 2.19. The van der Waals surface area contributed by atoms with E-state index in [1.807, 2.05) is 38.1 Å². The Morgan fingerprint density at radius 3 is 2.44 bits per heavy atom. The molecule has 9 heteroatoms. The van der Waals surface area contributed by atoms with Crippen molar-refractivity contribution in [2.75, 3.05) is 5.43 Å². The molecule has 0 atom stereocenters. The highest BCUT2D eigenvalue weighted by Crippen LogP contribution is 2.29. The average Bonchev–Trinajstić information content (AvgIpc) is 3.06. The minimum absolute atomic E-state index is 0.0692. The van der Waals surface area contributed by atoms with Gasteiger partial charge in [0, 0.05) is 28.4 Å². The normalized spacial score (nSPS) is 11.2. The molecule has 0 saturated carbocycles. The van der Waals surface area contributed by atoms with E-state index in [1.54, 1.807) is 6.21 Å². The Balaban J connectivity index is 1.66. The molecule has 0 aliphatic heterocycles. The number of hydrogen-bond donors (Lipinski definition) is 1. The van der Waals surface area contributed by atoms with Crippen LogP contribution in [0.2, 0.25) is 0 Å². The molecule has 4 rings (SSSR count). The molecule has 1 aromatic heterocycles. The molecular formula is C23H19N5O4. The van der Waals surface area contributed by atoms with Crippen LogP contribution < -0.4 is 5.43 Å². The van der Waals surface area contributed by atoms with Crippen molar-refractivity contribution in [3.8, 4) is 5.69 Å². The number of nitrogens with zero attached hydrogens (tertiary/aromatic N) is 4. The minimum Gasteiger partial charge on any atom is -0.317 e. The monoisotopic (exact) mass is 429 g/mol. The number of rotatable bonds is 6. The molecule has 32 heavy (non-hydrogen) atoms. The molecule has 0 spiro atoms. The summed E-state index contributed by atoms with van der Waals surface area (Å²) >= 11 is 0. The number of aromatic nitrogens is 1. The second-order valence-corrected chi connectivity index (χ2v) is 7.25. The maximum absolute atomic E-state index is 11.3. The summed E-state index contributed by atoms with van der Waals surface area (Å²) in [6.45, 7) is 3.98. The van der Waals surface area contributed by atoms with Gasteiger partial charge < -0.3 is 4.57 Å². The first-order valence-electron chi connectivity index (χ1n) is 9.76. The lowest BCUT2D eigenvalue weighted by atomic mass is 10.1. The molecule has 4 aromatic rings. The Morgan fingerprint density at radius 1 is 0.938 bits per heavy atom. The molecule has 0 aliphatic rings. The number of benzene rings is 3. The lowest BCUT2D eigenvalue weighted by Crippen LogP contribution is -2.01. The van der Waals surface area contributed by atoms with E-state index in [2.05, 4.69) is 39.4 Å². The summed E-state index contributed by atoms with van der Waals surface area (Å²) in [6.07, 6.45) is 1.58. The molecule has 0 fully saturated rings. The van der Waals surface area contributed by atoms with Crippen LogP contribution >= 0.6 is 0 Å². The molecule has 0 unspecified atom stereocenters. The minimum atomic E-state index is -0.683. The van der Waals surface area contributed by atoms with E-state index in [1.165, 1.54) is 12.1 Å². The Labute approximate surface area is 182 Å². The summed E-state index contributed by atoms with van der Waals surface area (Å²) in [5.74, 6) is 0. The Kier molecular flexibility index (Phi) is 5.38. The SMILES string of the molecule is Cc1cc(/C=N\Nc2ccc([N+](=O)[O-])cc2[N+](=O)[O-])c(C)n1-c1cccc2ccccc12. The maximum Gasteiger partial charge on any atom is 0.301 e. The molecule has 0 aliphatic carbocycles. The zero-order valence-corrected chi connectivity index (χ0v) is 17.4. The summed E-state index contributed by atoms with van der Waals surface area (Å²) in [5.41, 5.74) is 5.79. The van der Waals surface area contributed by atoms with E-state index < -0.39 is 15.5 Å². The van der Waals surface area contributed by atoms with Crippen LogP contribution in [0.1, 0.15) is 17.0 Å². The quantitative estimate of drug-likeness (QED) is 0.246. The van der Waals surface area contributed by atoms with E-state index in [4.69, 9.17) is 0 Å². The van der Waals surface area contributed by atoms with Gasteiger partial charge in [-0.2, -0.15) is 5.10 Å². The summed E-state index contributed by atoms with van der Waals surface area (Å²) in [6, 6.07) is 19.6. The average molecular weight is 429 g/mol. The fourth-order valence-electron chi connectivity index (χ4n) is 3.74. The maximum atomic E-state index is 11.3. The topological polar surface area (TPSA) is 116 Å². The van der Waals surface area contributed by atoms with Gasteiger partial charge in [-0.25, -0.2) is 0 Å². The fourth-order valence-corrected chi connectivity index (χ4v) is 3.74. The number of nitro benzene ring substituents is 2. The summed E-state index contributed by atoms with van der Waals surface area (Å²) < 4.78 is 2.14. The third kappa shape index (κ3) is 3.79. The zero-order valence-electron chi connectivity index (χ0n) is 17.4. The fraction of sp³-hybridized carbons (Fsp3) is 0.0870. The number of nitrogens with one attached hydrogen (secondary N) is 1. The van der Waals surface area contributed by atoms with Crippen LogP contribution in [0.15, 0.2) is 71.8 Å². The molecule has 160 valence electrons. The molecule has 0 amide bonds. The van der Waals surface area contributed by atoms with Crippen molar-refractivity contribution < 1.29 is 9.85 Å². The number of hydrazone groups is 1. The lowest BCUT2D eigenvalue weighted by Gasteiger charge is -2.13. The first-order valence-corrected chi connectivity index (χ1v) is 9.76. The largest absolute Gasteiger partial charge is 0.317 e. The summed E-state index contributed by atoms with van der Waals surface area (Å²) in [4.78, 5) is 20.8. The van der Waals surface area contributed by atoms with Gasteiger partial charge in [-0.1, -0.05) is 36.4 Å². The van der Waals surface area contributed by atoms with E-state index in [9.17, 15) is 20.2 Å². The van der Waals surface area contributed by atoms with Gasteiger partial charge in [-0.05, 0) is 37.4 Å². The van der Waals surface area contributed by atoms with Gasteiger partial charge in [0.15, 0.2) is 0 Å². The Hall–Kier alpha value is -4.53. The van der Waals surface area contributed by atoms with Gasteiger partial charge in [-0.3, -0.25) is 25.7 Å². The molecule has 0 bridgehead atoms. The van der Waals surface area contributed by atoms with E-state index in [0.29, 0.717) is 0 Å². The van der Waals surface area contributed by atoms with Crippen LogP contribution in [0.4, 0.5) is 17.1 Å². The number of hydrogen-bond acceptors (Lipinski definition) is 6. The lowest BCUT2D eigenvalue weighted by molar-refractivity contribution is -0.393. The van der Waals surface area contributed by atoms with Crippen molar-refractivity contribution in [1.29, 1.82) is 0 Å². The van der Waals surface area contributed by atoms with Crippen molar-refractivity contribution in [2.24, 2.45) is 5.10 Å². The van der Waals surface area contributed by atoms with E-state index in [-0.39, 0.29) is 11.4 Å². The van der Waals surface area contributed by atoms with Crippen molar-refractivity contribution in [1.82, 2.24) is 4.57 Å². The van der Waals surface area contributed by atoms with Crippen molar-refractivity contribution >= 4 is 34.0 Å². The third-order valence-corrected chi connectivity index (χ3v) is 5.26. The van der Waals surface area contributed by atoms with Crippen molar-refractivity contribution in [3.05, 3.63) is 104 Å². The number of fused-ring (bicyclic) bond motifs is 1. The Morgan fingerprint density at radius 2 is 1.69 bits per heavy atom. The standard InChI is InChI=1S/C23H19N5O4/c1-15-12-18(14-24-25-21-11-10-19(27(29)30)13-23(21)28(31)32)16(2)26(15)22-9-5-7-17-6-3-4-8-20(17)22/h3-14,25H,1-2H3/b24-14-. The predicted octanol–water partition coefficient (Wildman–Crippen LogP) is 5.51. The number of aryl methyl sites for hydroxylation is 1. The third-order valence-electron chi connectivity index (χ3n) is 5.26. The van der Waals surface area contributed by atoms with Crippen LogP contribution in [-0.4, -0.2) is 20.6 Å². The van der Waals surface area contributed by atoms with Gasteiger partial charge in [0.1, 0.15) is 5.69 Å². The second kappa shape index (κ2) is 8.31. The van der Waals surface area contributed by atoms with Gasteiger partial charge >= 0.3 is 5.69 Å². The van der Waals surface area contributed by atoms with Crippen LogP contribution in [0.25, 0.3) is 16.5 Å². The molecule has 3 aromatic carbocycles.